The average Bonchev–Trinajstić information content (AvgIpc) is 2.43. The summed E-state index contributed by atoms with van der Waals surface area (Å²) in [5.74, 6) is 0.249. The van der Waals surface area contributed by atoms with Crippen molar-refractivity contribution in [2.24, 2.45) is 0 Å². The lowest BCUT2D eigenvalue weighted by Gasteiger charge is -2.22. The SMILES string of the molecule is CCOC(=O)C(CSCCCC(=O)OC)NC(=O)OC(C)(C)C. The van der Waals surface area contributed by atoms with Crippen molar-refractivity contribution in [1.29, 1.82) is 0 Å². The molecular weight excluding hydrogens is 322 g/mol. The van der Waals surface area contributed by atoms with Crippen LogP contribution in [-0.2, 0) is 23.8 Å². The minimum Gasteiger partial charge on any atom is -0.469 e. The third-order valence-electron chi connectivity index (χ3n) is 2.44. The molecule has 7 nitrogen and oxygen atoms in total. The highest BCUT2D eigenvalue weighted by Crippen LogP contribution is 2.11. The van der Waals surface area contributed by atoms with Crippen molar-refractivity contribution >= 4 is 29.8 Å². The van der Waals surface area contributed by atoms with E-state index in [1.165, 1.54) is 18.9 Å². The zero-order valence-electron chi connectivity index (χ0n) is 14.5. The molecule has 0 aromatic carbocycles. The van der Waals surface area contributed by atoms with Gasteiger partial charge in [0.25, 0.3) is 0 Å². The van der Waals surface area contributed by atoms with E-state index in [4.69, 9.17) is 9.47 Å². The number of rotatable bonds is 9. The van der Waals surface area contributed by atoms with Crippen LogP contribution in [0.4, 0.5) is 4.79 Å². The van der Waals surface area contributed by atoms with E-state index in [-0.39, 0.29) is 12.6 Å². The molecule has 0 heterocycles. The van der Waals surface area contributed by atoms with Crippen LogP contribution >= 0.6 is 11.8 Å². The van der Waals surface area contributed by atoms with Crippen LogP contribution in [0.3, 0.4) is 0 Å². The molecule has 0 aromatic heterocycles. The van der Waals surface area contributed by atoms with E-state index >= 15 is 0 Å². The number of ether oxygens (including phenoxy) is 3. The molecule has 0 spiro atoms. The van der Waals surface area contributed by atoms with E-state index in [2.05, 4.69) is 10.1 Å². The van der Waals surface area contributed by atoms with Crippen LogP contribution < -0.4 is 5.32 Å². The van der Waals surface area contributed by atoms with Gasteiger partial charge in [-0.2, -0.15) is 11.8 Å². The topological polar surface area (TPSA) is 90.9 Å². The molecule has 0 radical (unpaired) electrons. The van der Waals surface area contributed by atoms with E-state index in [9.17, 15) is 14.4 Å². The Morgan fingerprint density at radius 1 is 1.22 bits per heavy atom. The number of nitrogens with one attached hydrogen (secondary N) is 1. The van der Waals surface area contributed by atoms with Gasteiger partial charge in [0, 0.05) is 12.2 Å². The minimum absolute atomic E-state index is 0.234. The van der Waals surface area contributed by atoms with Gasteiger partial charge in [-0.25, -0.2) is 9.59 Å². The van der Waals surface area contributed by atoms with Crippen LogP contribution in [0.1, 0.15) is 40.5 Å². The molecule has 0 fully saturated rings. The van der Waals surface area contributed by atoms with Gasteiger partial charge in [0.1, 0.15) is 11.6 Å². The second-order valence-corrected chi connectivity index (χ2v) is 6.86. The van der Waals surface area contributed by atoms with Gasteiger partial charge in [0.2, 0.25) is 0 Å². The molecule has 0 aromatic rings. The fraction of sp³-hybridized carbons (Fsp3) is 0.800. The molecular formula is C15H27NO6S. The van der Waals surface area contributed by atoms with Crippen LogP contribution in [0.25, 0.3) is 0 Å². The maximum absolute atomic E-state index is 11.9. The Balaban J connectivity index is 4.33. The summed E-state index contributed by atoms with van der Waals surface area (Å²) in [4.78, 5) is 34.7. The fourth-order valence-electron chi connectivity index (χ4n) is 1.48. The molecule has 8 heteroatoms. The number of alkyl carbamates (subject to hydrolysis) is 1. The number of hydrogen-bond donors (Lipinski definition) is 1. The van der Waals surface area contributed by atoms with Crippen LogP contribution in [0.15, 0.2) is 0 Å². The summed E-state index contributed by atoms with van der Waals surface area (Å²) in [6.07, 6.45) is 0.303. The average molecular weight is 349 g/mol. The van der Waals surface area contributed by atoms with E-state index in [1.54, 1.807) is 27.7 Å². The normalized spacial score (nSPS) is 12.2. The number of carbonyl (C=O) groups is 3. The molecule has 0 bridgehead atoms. The standard InChI is InChI=1S/C15H27NO6S/c1-6-21-13(18)11(16-14(19)22-15(2,3)4)10-23-9-7-8-12(17)20-5/h11H,6-10H2,1-5H3,(H,16,19). The Labute approximate surface area is 141 Å². The summed E-state index contributed by atoms with van der Waals surface area (Å²) in [5, 5.41) is 2.52. The van der Waals surface area contributed by atoms with Crippen molar-refractivity contribution in [3.8, 4) is 0 Å². The van der Waals surface area contributed by atoms with Crippen LogP contribution in [0, 0.1) is 0 Å². The van der Waals surface area contributed by atoms with Crippen molar-refractivity contribution < 1.29 is 28.6 Å². The minimum atomic E-state index is -0.784. The maximum atomic E-state index is 11.9. The fourth-order valence-corrected chi connectivity index (χ4v) is 2.45. The molecule has 1 unspecified atom stereocenters. The van der Waals surface area contributed by atoms with Gasteiger partial charge in [0.05, 0.1) is 13.7 Å². The van der Waals surface area contributed by atoms with E-state index in [0.717, 1.165) is 0 Å². The van der Waals surface area contributed by atoms with Gasteiger partial charge in [-0.15, -0.1) is 0 Å². The number of hydrogen-bond acceptors (Lipinski definition) is 7. The van der Waals surface area contributed by atoms with Crippen LogP contribution in [0.5, 0.6) is 0 Å². The van der Waals surface area contributed by atoms with Crippen molar-refractivity contribution in [3.63, 3.8) is 0 Å². The predicted molar refractivity (Wildman–Crippen MR) is 88.4 cm³/mol. The molecule has 1 N–H and O–H groups in total. The first kappa shape index (κ1) is 21.6. The molecule has 1 amide bonds. The van der Waals surface area contributed by atoms with Gasteiger partial charge in [0.15, 0.2) is 0 Å². The van der Waals surface area contributed by atoms with Crippen molar-refractivity contribution in [2.75, 3.05) is 25.2 Å². The summed E-state index contributed by atoms with van der Waals surface area (Å²) < 4.78 is 14.6. The molecule has 23 heavy (non-hydrogen) atoms. The second-order valence-electron chi connectivity index (χ2n) is 5.71. The van der Waals surface area contributed by atoms with Crippen molar-refractivity contribution in [3.05, 3.63) is 0 Å². The van der Waals surface area contributed by atoms with Gasteiger partial charge in [-0.1, -0.05) is 0 Å². The largest absolute Gasteiger partial charge is 0.469 e. The van der Waals surface area contributed by atoms with Crippen molar-refractivity contribution in [2.45, 2.75) is 52.2 Å². The zero-order valence-corrected chi connectivity index (χ0v) is 15.3. The Hall–Kier alpha value is -1.44. The molecule has 134 valence electrons. The lowest BCUT2D eigenvalue weighted by molar-refractivity contribution is -0.145. The predicted octanol–water partition coefficient (Wildman–Crippen LogP) is 2.13. The Morgan fingerprint density at radius 3 is 2.39 bits per heavy atom. The number of carbonyl (C=O) groups excluding carboxylic acids is 3. The van der Waals surface area contributed by atoms with Gasteiger partial charge < -0.3 is 19.5 Å². The summed E-state index contributed by atoms with van der Waals surface area (Å²) in [5.41, 5.74) is -0.642. The molecule has 0 aliphatic heterocycles. The molecule has 0 aliphatic carbocycles. The van der Waals surface area contributed by atoms with Gasteiger partial charge >= 0.3 is 18.0 Å². The Bertz CT molecular complexity index is 394. The number of thioether (sulfide) groups is 1. The second kappa shape index (κ2) is 11.2. The molecule has 0 aliphatic rings. The quantitative estimate of drug-likeness (QED) is 0.387. The molecule has 0 saturated heterocycles. The smallest absolute Gasteiger partial charge is 0.408 e. The monoisotopic (exact) mass is 349 g/mol. The lowest BCUT2D eigenvalue weighted by atomic mass is 10.2. The summed E-state index contributed by atoms with van der Waals surface area (Å²) in [6, 6.07) is -0.784. The number of methoxy groups -OCH3 is 1. The Morgan fingerprint density at radius 2 is 1.87 bits per heavy atom. The molecule has 0 rings (SSSR count). The van der Waals surface area contributed by atoms with Crippen LogP contribution in [0.2, 0.25) is 0 Å². The number of esters is 2. The van der Waals surface area contributed by atoms with E-state index in [0.29, 0.717) is 24.3 Å². The zero-order chi connectivity index (χ0) is 17.9. The third-order valence-corrected chi connectivity index (χ3v) is 3.59. The highest BCUT2D eigenvalue weighted by molar-refractivity contribution is 7.99. The highest BCUT2D eigenvalue weighted by Gasteiger charge is 2.25. The highest BCUT2D eigenvalue weighted by atomic mass is 32.2. The maximum Gasteiger partial charge on any atom is 0.408 e. The first-order chi connectivity index (χ1) is 10.7. The first-order valence-corrected chi connectivity index (χ1v) is 8.65. The van der Waals surface area contributed by atoms with Gasteiger partial charge in [-0.05, 0) is 39.9 Å². The lowest BCUT2D eigenvalue weighted by Crippen LogP contribution is -2.45. The first-order valence-electron chi connectivity index (χ1n) is 7.50. The molecule has 0 saturated carbocycles. The third kappa shape index (κ3) is 11.7. The Kier molecular flexibility index (Phi) is 10.5. The van der Waals surface area contributed by atoms with Gasteiger partial charge in [-0.3, -0.25) is 4.79 Å². The van der Waals surface area contributed by atoms with Crippen molar-refractivity contribution in [1.82, 2.24) is 5.32 Å². The number of amides is 1. The summed E-state index contributed by atoms with van der Waals surface area (Å²) in [6.45, 7) is 7.17. The molecule has 1 atom stereocenters. The van der Waals surface area contributed by atoms with Crippen LogP contribution in [-0.4, -0.2) is 54.9 Å². The van der Waals surface area contributed by atoms with E-state index in [1.807, 2.05) is 0 Å². The summed E-state index contributed by atoms with van der Waals surface area (Å²) >= 11 is 1.45. The summed E-state index contributed by atoms with van der Waals surface area (Å²) in [7, 11) is 1.34. The van der Waals surface area contributed by atoms with E-state index < -0.39 is 23.7 Å².